The van der Waals surface area contributed by atoms with Crippen LogP contribution in [-0.4, -0.2) is 29.9 Å². The molecule has 4 nitrogen and oxygen atoms in total. The Morgan fingerprint density at radius 3 is 2.79 bits per heavy atom. The minimum atomic E-state index is -1.06. The van der Waals surface area contributed by atoms with Gasteiger partial charge in [0, 0.05) is 6.10 Å². The number of hydrogen-bond acceptors (Lipinski definition) is 3. The highest BCUT2D eigenvalue weighted by Gasteiger charge is 2.38. The Morgan fingerprint density at radius 2 is 2.21 bits per heavy atom. The lowest BCUT2D eigenvalue weighted by Gasteiger charge is -2.38. The monoisotopic (exact) mass is 282 g/mol. The van der Waals surface area contributed by atoms with Crippen LogP contribution in [-0.2, 0) is 9.31 Å². The maximum absolute atomic E-state index is 11.1. The van der Waals surface area contributed by atoms with Crippen molar-refractivity contribution in [2.75, 3.05) is 0 Å². The van der Waals surface area contributed by atoms with Crippen LogP contribution in [0.5, 0.6) is 0 Å². The molecule has 6 heteroatoms. The van der Waals surface area contributed by atoms with Crippen molar-refractivity contribution < 1.29 is 19.2 Å². The van der Waals surface area contributed by atoms with Crippen LogP contribution in [0.15, 0.2) is 18.2 Å². The lowest BCUT2D eigenvalue weighted by Crippen LogP contribution is -2.51. The first-order valence-corrected chi connectivity index (χ1v) is 6.52. The molecule has 1 fully saturated rings. The Bertz CT molecular complexity index is 503. The van der Waals surface area contributed by atoms with Gasteiger partial charge >= 0.3 is 13.1 Å². The molecule has 1 aromatic rings. The van der Waals surface area contributed by atoms with Gasteiger partial charge in [0.05, 0.1) is 16.2 Å². The normalized spacial score (nSPS) is 22.3. The van der Waals surface area contributed by atoms with Gasteiger partial charge < -0.3 is 14.4 Å². The van der Waals surface area contributed by atoms with Crippen LogP contribution in [0.3, 0.4) is 0 Å². The van der Waals surface area contributed by atoms with Gasteiger partial charge in [0.25, 0.3) is 0 Å². The summed E-state index contributed by atoms with van der Waals surface area (Å²) in [7, 11) is -0.561. The molecule has 1 aliphatic rings. The molecule has 1 atom stereocenters. The summed E-state index contributed by atoms with van der Waals surface area (Å²) in [5.74, 6) is -1.06. The average molecular weight is 283 g/mol. The van der Waals surface area contributed by atoms with Crippen molar-refractivity contribution in [2.24, 2.45) is 0 Å². The van der Waals surface area contributed by atoms with Crippen LogP contribution in [0, 0.1) is 0 Å². The zero-order valence-electron chi connectivity index (χ0n) is 11.1. The summed E-state index contributed by atoms with van der Waals surface area (Å²) in [6.07, 6.45) is 0.848. The van der Waals surface area contributed by atoms with Crippen molar-refractivity contribution in [2.45, 2.75) is 38.9 Å². The first-order valence-electron chi connectivity index (χ1n) is 6.14. The van der Waals surface area contributed by atoms with Gasteiger partial charge in [0.2, 0.25) is 0 Å². The van der Waals surface area contributed by atoms with Gasteiger partial charge in [-0.05, 0) is 44.8 Å². The summed E-state index contributed by atoms with van der Waals surface area (Å²) in [6, 6.07) is 4.79. The van der Waals surface area contributed by atoms with E-state index in [0.29, 0.717) is 5.46 Å². The summed E-state index contributed by atoms with van der Waals surface area (Å²) in [4.78, 5) is 11.1. The van der Waals surface area contributed by atoms with Crippen LogP contribution in [0.1, 0.15) is 37.6 Å². The summed E-state index contributed by atoms with van der Waals surface area (Å²) < 4.78 is 11.6. The number of carboxylic acids is 1. The fourth-order valence-electron chi connectivity index (χ4n) is 2.32. The molecule has 0 amide bonds. The molecule has 0 radical (unpaired) electrons. The Kier molecular flexibility index (Phi) is 3.90. The molecule has 1 aliphatic heterocycles. The van der Waals surface area contributed by atoms with Gasteiger partial charge in [-0.15, -0.1) is 0 Å². The van der Waals surface area contributed by atoms with Crippen LogP contribution in [0.25, 0.3) is 0 Å². The smallest absolute Gasteiger partial charge is 0.478 e. The van der Waals surface area contributed by atoms with E-state index in [0.717, 1.165) is 6.42 Å². The van der Waals surface area contributed by atoms with E-state index < -0.39 is 13.1 Å². The molecule has 0 bridgehead atoms. The Morgan fingerprint density at radius 1 is 1.53 bits per heavy atom. The number of hydrogen-bond donors (Lipinski definition) is 1. The highest BCUT2D eigenvalue weighted by molar-refractivity contribution is 6.61. The fraction of sp³-hybridized carbons (Fsp3) is 0.462. The van der Waals surface area contributed by atoms with Gasteiger partial charge in [-0.1, -0.05) is 17.7 Å². The predicted molar refractivity (Wildman–Crippen MR) is 74.1 cm³/mol. The van der Waals surface area contributed by atoms with E-state index in [1.165, 1.54) is 6.07 Å². The second-order valence-corrected chi connectivity index (χ2v) is 5.81. The molecule has 0 spiro atoms. The highest BCUT2D eigenvalue weighted by atomic mass is 35.5. The van der Waals surface area contributed by atoms with E-state index in [1.54, 1.807) is 12.1 Å². The third-order valence-corrected chi connectivity index (χ3v) is 3.38. The fourth-order valence-corrected chi connectivity index (χ4v) is 2.52. The molecule has 0 aliphatic carbocycles. The maximum Gasteiger partial charge on any atom is 0.494 e. The largest absolute Gasteiger partial charge is 0.494 e. The molecular weight excluding hydrogens is 266 g/mol. The van der Waals surface area contributed by atoms with E-state index in [1.807, 2.05) is 20.8 Å². The second-order valence-electron chi connectivity index (χ2n) is 5.40. The number of rotatable bonds is 2. The molecule has 1 N–H and O–H groups in total. The van der Waals surface area contributed by atoms with Gasteiger partial charge in [0.15, 0.2) is 0 Å². The molecule has 0 unspecified atom stereocenters. The summed E-state index contributed by atoms with van der Waals surface area (Å²) in [6.45, 7) is 5.96. The minimum Gasteiger partial charge on any atom is -0.478 e. The van der Waals surface area contributed by atoms with E-state index >= 15 is 0 Å². The number of benzene rings is 1. The van der Waals surface area contributed by atoms with E-state index in [2.05, 4.69) is 0 Å². The highest BCUT2D eigenvalue weighted by Crippen LogP contribution is 2.26. The van der Waals surface area contributed by atoms with Crippen LogP contribution in [0.4, 0.5) is 0 Å². The number of halogens is 1. The summed E-state index contributed by atoms with van der Waals surface area (Å²) in [5, 5.41) is 9.28. The third kappa shape index (κ3) is 3.29. The second kappa shape index (κ2) is 5.15. The van der Waals surface area contributed by atoms with Crippen molar-refractivity contribution in [3.05, 3.63) is 28.8 Å². The minimum absolute atomic E-state index is 0.0534. The Labute approximate surface area is 117 Å². The SMILES string of the molecule is C[C@@H]1CC(C)(C)OB(c2ccc(Cl)c(C(=O)O)c2)O1. The van der Waals surface area contributed by atoms with Crippen molar-refractivity contribution in [1.82, 2.24) is 0 Å². The zero-order chi connectivity index (χ0) is 14.2. The molecular formula is C13H16BClO4. The molecule has 19 heavy (non-hydrogen) atoms. The third-order valence-electron chi connectivity index (χ3n) is 3.05. The van der Waals surface area contributed by atoms with E-state index in [-0.39, 0.29) is 22.3 Å². The molecule has 102 valence electrons. The summed E-state index contributed by atoms with van der Waals surface area (Å²) in [5.41, 5.74) is 0.426. The molecule has 2 rings (SSSR count). The summed E-state index contributed by atoms with van der Waals surface area (Å²) >= 11 is 5.85. The quantitative estimate of drug-likeness (QED) is 0.846. The van der Waals surface area contributed by atoms with Crippen molar-refractivity contribution in [3.63, 3.8) is 0 Å². The van der Waals surface area contributed by atoms with Gasteiger partial charge in [-0.25, -0.2) is 4.79 Å². The molecule has 1 saturated heterocycles. The molecule has 1 aromatic carbocycles. The maximum atomic E-state index is 11.1. The van der Waals surface area contributed by atoms with E-state index in [9.17, 15) is 4.79 Å². The average Bonchev–Trinajstić information content (AvgIpc) is 2.26. The van der Waals surface area contributed by atoms with Crippen LogP contribution >= 0.6 is 11.6 Å². The lowest BCUT2D eigenvalue weighted by atomic mass is 9.74. The van der Waals surface area contributed by atoms with Gasteiger partial charge in [-0.2, -0.15) is 0 Å². The predicted octanol–water partition coefficient (Wildman–Crippen LogP) is 2.34. The zero-order valence-corrected chi connectivity index (χ0v) is 11.9. The van der Waals surface area contributed by atoms with Crippen molar-refractivity contribution >= 4 is 30.2 Å². The first-order chi connectivity index (χ1) is 8.78. The topological polar surface area (TPSA) is 55.8 Å². The lowest BCUT2D eigenvalue weighted by molar-refractivity contribution is -0.0229. The standard InChI is InChI=1S/C13H16BClO4/c1-8-7-13(2,3)19-14(18-8)9-4-5-11(15)10(6-9)12(16)17/h4-6,8H,7H2,1-3H3,(H,16,17)/t8-/m1/s1. The first kappa shape index (κ1) is 14.4. The number of aromatic carboxylic acids is 1. The van der Waals surface area contributed by atoms with Crippen molar-refractivity contribution in [1.29, 1.82) is 0 Å². The molecule has 1 heterocycles. The van der Waals surface area contributed by atoms with Crippen LogP contribution in [0.2, 0.25) is 5.02 Å². The van der Waals surface area contributed by atoms with Crippen molar-refractivity contribution in [3.8, 4) is 0 Å². The number of carbonyl (C=O) groups is 1. The Balaban J connectivity index is 2.31. The molecule has 0 saturated carbocycles. The molecule has 0 aromatic heterocycles. The van der Waals surface area contributed by atoms with E-state index in [4.69, 9.17) is 26.0 Å². The number of carboxylic acid groups (broad SMARTS) is 1. The van der Waals surface area contributed by atoms with Gasteiger partial charge in [0.1, 0.15) is 0 Å². The Hall–Kier alpha value is -1.04. The van der Waals surface area contributed by atoms with Crippen LogP contribution < -0.4 is 5.46 Å². The van der Waals surface area contributed by atoms with Gasteiger partial charge in [-0.3, -0.25) is 0 Å².